The molecule has 0 aliphatic rings. The van der Waals surface area contributed by atoms with Crippen molar-refractivity contribution in [1.82, 2.24) is 5.32 Å². The van der Waals surface area contributed by atoms with Gasteiger partial charge in [-0.05, 0) is 13.3 Å². The molecule has 2 atom stereocenters. The van der Waals surface area contributed by atoms with Crippen LogP contribution in [0.4, 0.5) is 0 Å². The molecule has 0 radical (unpaired) electrons. The Labute approximate surface area is 85.7 Å². The number of alkyl halides is 1. The van der Waals surface area contributed by atoms with Gasteiger partial charge in [0, 0.05) is 38.8 Å². The number of methoxy groups -OCH3 is 2. The van der Waals surface area contributed by atoms with Crippen LogP contribution in [-0.4, -0.2) is 45.4 Å². The topological polar surface area (TPSA) is 30.5 Å². The lowest BCUT2D eigenvalue weighted by molar-refractivity contribution is 0.156. The van der Waals surface area contributed by atoms with Crippen molar-refractivity contribution in [3.05, 3.63) is 0 Å². The van der Waals surface area contributed by atoms with Crippen molar-refractivity contribution in [3.63, 3.8) is 0 Å². The zero-order chi connectivity index (χ0) is 10.1. The molecule has 0 aliphatic heterocycles. The van der Waals surface area contributed by atoms with E-state index in [4.69, 9.17) is 21.1 Å². The van der Waals surface area contributed by atoms with Gasteiger partial charge in [0.25, 0.3) is 0 Å². The third-order valence-corrected chi connectivity index (χ3v) is 2.20. The molecule has 0 aromatic heterocycles. The molecule has 0 aromatic rings. The molecule has 1 N–H and O–H groups in total. The second kappa shape index (κ2) is 8.75. The number of hydrogen-bond acceptors (Lipinski definition) is 3. The van der Waals surface area contributed by atoms with E-state index >= 15 is 0 Å². The monoisotopic (exact) mass is 209 g/mol. The molecular weight excluding hydrogens is 190 g/mol. The summed E-state index contributed by atoms with van der Waals surface area (Å²) in [6, 6.07) is 0.650. The molecule has 13 heavy (non-hydrogen) atoms. The predicted molar refractivity (Wildman–Crippen MR) is 55.5 cm³/mol. The predicted octanol–water partition coefficient (Wildman–Crippen LogP) is 1.25. The Morgan fingerprint density at radius 2 is 2.00 bits per heavy atom. The highest BCUT2D eigenvalue weighted by atomic mass is 35.5. The van der Waals surface area contributed by atoms with E-state index in [0.29, 0.717) is 18.5 Å². The number of rotatable bonds is 8. The van der Waals surface area contributed by atoms with Gasteiger partial charge in [0.1, 0.15) is 0 Å². The molecule has 2 unspecified atom stereocenters. The van der Waals surface area contributed by atoms with Crippen molar-refractivity contribution >= 4 is 11.6 Å². The van der Waals surface area contributed by atoms with E-state index in [1.54, 1.807) is 14.2 Å². The fourth-order valence-electron chi connectivity index (χ4n) is 1.12. The highest BCUT2D eigenvalue weighted by Gasteiger charge is 2.09. The zero-order valence-electron chi connectivity index (χ0n) is 8.68. The van der Waals surface area contributed by atoms with Gasteiger partial charge < -0.3 is 14.8 Å². The quantitative estimate of drug-likeness (QED) is 0.611. The number of hydrogen-bond donors (Lipinski definition) is 1. The summed E-state index contributed by atoms with van der Waals surface area (Å²) in [4.78, 5) is 0. The average molecular weight is 210 g/mol. The first-order valence-electron chi connectivity index (χ1n) is 4.54. The summed E-state index contributed by atoms with van der Waals surface area (Å²) >= 11 is 5.75. The van der Waals surface area contributed by atoms with Crippen LogP contribution in [0.1, 0.15) is 13.3 Å². The molecular formula is C9H20ClNO2. The fourth-order valence-corrected chi connectivity index (χ4v) is 1.30. The lowest BCUT2D eigenvalue weighted by Crippen LogP contribution is -2.41. The summed E-state index contributed by atoms with van der Waals surface area (Å²) in [5, 5.41) is 3.37. The fraction of sp³-hybridized carbons (Fsp3) is 1.00. The minimum atomic E-state index is 0.235. The average Bonchev–Trinajstić information content (AvgIpc) is 2.14. The van der Waals surface area contributed by atoms with E-state index in [9.17, 15) is 0 Å². The smallest absolute Gasteiger partial charge is 0.0627 e. The van der Waals surface area contributed by atoms with Gasteiger partial charge in [-0.3, -0.25) is 0 Å². The van der Waals surface area contributed by atoms with Crippen molar-refractivity contribution < 1.29 is 9.47 Å². The van der Waals surface area contributed by atoms with Gasteiger partial charge in [0.15, 0.2) is 0 Å². The molecule has 0 saturated heterocycles. The normalized spacial score (nSPS) is 15.7. The van der Waals surface area contributed by atoms with Gasteiger partial charge in [-0.25, -0.2) is 0 Å². The summed E-state index contributed by atoms with van der Waals surface area (Å²) in [6.45, 7) is 3.55. The van der Waals surface area contributed by atoms with Crippen LogP contribution in [-0.2, 0) is 9.47 Å². The number of nitrogens with one attached hydrogen (secondary N) is 1. The first-order chi connectivity index (χ1) is 6.24. The molecule has 4 heteroatoms. The molecule has 0 saturated carbocycles. The van der Waals surface area contributed by atoms with Gasteiger partial charge in [0.05, 0.1) is 6.61 Å². The van der Waals surface area contributed by atoms with Gasteiger partial charge >= 0.3 is 0 Å². The maximum Gasteiger partial charge on any atom is 0.0627 e. The molecule has 0 fully saturated rings. The van der Waals surface area contributed by atoms with Crippen molar-refractivity contribution in [2.45, 2.75) is 25.4 Å². The van der Waals surface area contributed by atoms with Crippen LogP contribution in [0.25, 0.3) is 0 Å². The standard InChI is InChI=1S/C9H20ClNO2/c1-8(4-5-12-2)11-9(6-10)7-13-3/h8-9,11H,4-7H2,1-3H3. The van der Waals surface area contributed by atoms with E-state index < -0.39 is 0 Å². The maximum absolute atomic E-state index is 5.75. The molecule has 0 heterocycles. The van der Waals surface area contributed by atoms with E-state index in [2.05, 4.69) is 12.2 Å². The van der Waals surface area contributed by atoms with Gasteiger partial charge in [-0.1, -0.05) is 0 Å². The largest absolute Gasteiger partial charge is 0.385 e. The summed E-state index contributed by atoms with van der Waals surface area (Å²) in [7, 11) is 3.39. The highest BCUT2D eigenvalue weighted by Crippen LogP contribution is 1.96. The second-order valence-electron chi connectivity index (χ2n) is 3.16. The first-order valence-corrected chi connectivity index (χ1v) is 5.08. The Kier molecular flexibility index (Phi) is 8.87. The lowest BCUT2D eigenvalue weighted by atomic mass is 10.2. The molecule has 0 amide bonds. The summed E-state index contributed by atoms with van der Waals surface area (Å²) in [5.41, 5.74) is 0. The van der Waals surface area contributed by atoms with Crippen molar-refractivity contribution in [2.24, 2.45) is 0 Å². The molecule has 0 aromatic carbocycles. The highest BCUT2D eigenvalue weighted by molar-refractivity contribution is 6.18. The number of halogens is 1. The lowest BCUT2D eigenvalue weighted by Gasteiger charge is -2.20. The molecule has 80 valence electrons. The summed E-state index contributed by atoms with van der Waals surface area (Å²) in [6.07, 6.45) is 0.994. The summed E-state index contributed by atoms with van der Waals surface area (Å²) in [5.74, 6) is 0.575. The van der Waals surface area contributed by atoms with Gasteiger partial charge in [0.2, 0.25) is 0 Å². The van der Waals surface area contributed by atoms with Crippen molar-refractivity contribution in [2.75, 3.05) is 33.3 Å². The summed E-state index contributed by atoms with van der Waals surface area (Å²) < 4.78 is 10.0. The van der Waals surface area contributed by atoms with Crippen LogP contribution in [0.3, 0.4) is 0 Å². The van der Waals surface area contributed by atoms with Crippen LogP contribution >= 0.6 is 11.6 Å². The Morgan fingerprint density at radius 3 is 2.46 bits per heavy atom. The Bertz CT molecular complexity index is 114. The van der Waals surface area contributed by atoms with Crippen LogP contribution in [0.2, 0.25) is 0 Å². The Morgan fingerprint density at radius 1 is 1.31 bits per heavy atom. The molecule has 0 aliphatic carbocycles. The van der Waals surface area contributed by atoms with Crippen molar-refractivity contribution in [1.29, 1.82) is 0 Å². The molecule has 0 rings (SSSR count). The minimum Gasteiger partial charge on any atom is -0.385 e. The molecule has 3 nitrogen and oxygen atoms in total. The van der Waals surface area contributed by atoms with E-state index in [0.717, 1.165) is 13.0 Å². The first kappa shape index (κ1) is 13.2. The van der Waals surface area contributed by atoms with Crippen LogP contribution in [0.5, 0.6) is 0 Å². The van der Waals surface area contributed by atoms with Crippen LogP contribution in [0, 0.1) is 0 Å². The van der Waals surface area contributed by atoms with Crippen molar-refractivity contribution in [3.8, 4) is 0 Å². The van der Waals surface area contributed by atoms with Crippen LogP contribution < -0.4 is 5.32 Å². The van der Waals surface area contributed by atoms with E-state index in [1.807, 2.05) is 0 Å². The van der Waals surface area contributed by atoms with E-state index in [-0.39, 0.29) is 6.04 Å². The number of ether oxygens (including phenoxy) is 2. The van der Waals surface area contributed by atoms with Gasteiger partial charge in [-0.2, -0.15) is 0 Å². The van der Waals surface area contributed by atoms with Gasteiger partial charge in [-0.15, -0.1) is 11.6 Å². The maximum atomic E-state index is 5.75. The zero-order valence-corrected chi connectivity index (χ0v) is 9.43. The molecule has 0 spiro atoms. The Hall–Kier alpha value is 0.170. The second-order valence-corrected chi connectivity index (χ2v) is 3.46. The Balaban J connectivity index is 3.53. The SMILES string of the molecule is COCCC(C)NC(CCl)COC. The van der Waals surface area contributed by atoms with E-state index in [1.165, 1.54) is 0 Å². The third-order valence-electron chi connectivity index (χ3n) is 1.83. The molecule has 0 bridgehead atoms. The van der Waals surface area contributed by atoms with Crippen LogP contribution in [0.15, 0.2) is 0 Å². The third kappa shape index (κ3) is 7.26. The minimum absolute atomic E-state index is 0.235.